The van der Waals surface area contributed by atoms with E-state index in [0.29, 0.717) is 19.3 Å². The van der Waals surface area contributed by atoms with Gasteiger partial charge in [-0.2, -0.15) is 0 Å². The molecule has 0 bridgehead atoms. The number of allylic oxidation sites excluding steroid dienone is 14. The fourth-order valence-electron chi connectivity index (χ4n) is 7.32. The Labute approximate surface area is 401 Å². The maximum absolute atomic E-state index is 12.8. The van der Waals surface area contributed by atoms with Gasteiger partial charge in [0.25, 0.3) is 0 Å². The quantitative estimate of drug-likeness (QED) is 0.0262. The fourth-order valence-corrected chi connectivity index (χ4v) is 7.32. The van der Waals surface area contributed by atoms with Crippen LogP contribution < -0.4 is 0 Å². The molecule has 0 N–H and O–H groups in total. The fraction of sp³-hybridized carbons (Fsp3) is 0.712. The van der Waals surface area contributed by atoms with Crippen molar-refractivity contribution in [3.05, 3.63) is 85.1 Å². The SMILES string of the molecule is CC/C=C\C/C=C\C/C=C\C/C=C\CCCCC(=O)OC[C@H](COC(=O)CCCCCCCCCCCCCCCCCCC)OC(=O)CCCC/C=C\C/C=C\C/C=C\CCCCC. The molecule has 0 rings (SSSR count). The van der Waals surface area contributed by atoms with Gasteiger partial charge < -0.3 is 14.2 Å². The number of esters is 3. The summed E-state index contributed by atoms with van der Waals surface area (Å²) in [4.78, 5) is 38.0. The Morgan fingerprint density at radius 1 is 0.323 bits per heavy atom. The van der Waals surface area contributed by atoms with Gasteiger partial charge >= 0.3 is 17.9 Å². The topological polar surface area (TPSA) is 78.9 Å². The summed E-state index contributed by atoms with van der Waals surface area (Å²) in [5.74, 6) is -0.982. The molecule has 372 valence electrons. The minimum Gasteiger partial charge on any atom is -0.462 e. The molecule has 0 radical (unpaired) electrons. The Hall–Kier alpha value is -3.41. The Morgan fingerprint density at radius 3 is 0.969 bits per heavy atom. The van der Waals surface area contributed by atoms with E-state index in [1.54, 1.807) is 0 Å². The molecule has 0 aromatic carbocycles. The van der Waals surface area contributed by atoms with Crippen molar-refractivity contribution >= 4 is 17.9 Å². The molecular weight excluding hydrogens is 805 g/mol. The van der Waals surface area contributed by atoms with Crippen molar-refractivity contribution in [2.24, 2.45) is 0 Å². The maximum atomic E-state index is 12.8. The van der Waals surface area contributed by atoms with Crippen LogP contribution in [0.4, 0.5) is 0 Å². The van der Waals surface area contributed by atoms with E-state index in [0.717, 1.165) is 89.9 Å². The van der Waals surface area contributed by atoms with Gasteiger partial charge in [0.1, 0.15) is 13.2 Å². The summed E-state index contributed by atoms with van der Waals surface area (Å²) >= 11 is 0. The largest absolute Gasteiger partial charge is 0.462 e. The number of ether oxygens (including phenoxy) is 3. The Kier molecular flexibility index (Phi) is 50.4. The summed E-state index contributed by atoms with van der Waals surface area (Å²) < 4.78 is 16.8. The van der Waals surface area contributed by atoms with Crippen LogP contribution in [0.5, 0.6) is 0 Å². The van der Waals surface area contributed by atoms with Gasteiger partial charge in [0.15, 0.2) is 6.10 Å². The number of hydrogen-bond acceptors (Lipinski definition) is 6. The Bertz CT molecular complexity index is 1270. The third-order valence-corrected chi connectivity index (χ3v) is 11.4. The number of carbonyl (C=O) groups excluding carboxylic acids is 3. The zero-order chi connectivity index (χ0) is 47.2. The molecule has 0 aliphatic carbocycles. The lowest BCUT2D eigenvalue weighted by Crippen LogP contribution is -2.30. The van der Waals surface area contributed by atoms with Crippen LogP contribution in [0.1, 0.15) is 252 Å². The monoisotopic (exact) mass is 905 g/mol. The molecule has 0 aromatic heterocycles. The van der Waals surface area contributed by atoms with E-state index in [-0.39, 0.29) is 37.5 Å². The lowest BCUT2D eigenvalue weighted by atomic mass is 10.0. The van der Waals surface area contributed by atoms with Crippen molar-refractivity contribution in [3.63, 3.8) is 0 Å². The van der Waals surface area contributed by atoms with E-state index in [1.165, 1.54) is 116 Å². The molecule has 0 aromatic rings. The molecule has 65 heavy (non-hydrogen) atoms. The van der Waals surface area contributed by atoms with Crippen LogP contribution >= 0.6 is 0 Å². The average Bonchev–Trinajstić information content (AvgIpc) is 3.30. The lowest BCUT2D eigenvalue weighted by Gasteiger charge is -2.18. The maximum Gasteiger partial charge on any atom is 0.306 e. The van der Waals surface area contributed by atoms with Crippen molar-refractivity contribution in [2.45, 2.75) is 258 Å². The second-order valence-electron chi connectivity index (χ2n) is 17.8. The molecule has 1 atom stereocenters. The van der Waals surface area contributed by atoms with Crippen molar-refractivity contribution in [3.8, 4) is 0 Å². The molecule has 0 aliphatic rings. The summed E-state index contributed by atoms with van der Waals surface area (Å²) in [6.45, 7) is 6.44. The molecule has 0 spiro atoms. The van der Waals surface area contributed by atoms with Crippen molar-refractivity contribution in [1.29, 1.82) is 0 Å². The first kappa shape index (κ1) is 61.6. The first-order valence-corrected chi connectivity index (χ1v) is 27.1. The Morgan fingerprint density at radius 2 is 0.600 bits per heavy atom. The van der Waals surface area contributed by atoms with Gasteiger partial charge in [-0.25, -0.2) is 0 Å². The molecule has 0 heterocycles. The third kappa shape index (κ3) is 51.4. The molecule has 0 saturated carbocycles. The highest BCUT2D eigenvalue weighted by atomic mass is 16.6. The van der Waals surface area contributed by atoms with E-state index >= 15 is 0 Å². The van der Waals surface area contributed by atoms with E-state index in [9.17, 15) is 14.4 Å². The molecule has 0 saturated heterocycles. The minimum atomic E-state index is -0.812. The highest BCUT2D eigenvalue weighted by Gasteiger charge is 2.19. The van der Waals surface area contributed by atoms with E-state index < -0.39 is 6.10 Å². The number of carbonyl (C=O) groups is 3. The summed E-state index contributed by atoms with van der Waals surface area (Å²) in [5, 5.41) is 0. The van der Waals surface area contributed by atoms with Gasteiger partial charge in [-0.05, 0) is 96.3 Å². The van der Waals surface area contributed by atoms with Gasteiger partial charge in [0, 0.05) is 19.3 Å². The van der Waals surface area contributed by atoms with Gasteiger partial charge in [-0.15, -0.1) is 0 Å². The van der Waals surface area contributed by atoms with Crippen LogP contribution in [0.3, 0.4) is 0 Å². The Balaban J connectivity index is 4.48. The van der Waals surface area contributed by atoms with E-state index in [4.69, 9.17) is 14.2 Å². The molecular formula is C59H100O6. The van der Waals surface area contributed by atoms with Crippen molar-refractivity contribution < 1.29 is 28.6 Å². The zero-order valence-corrected chi connectivity index (χ0v) is 42.5. The first-order valence-electron chi connectivity index (χ1n) is 27.1. The second kappa shape index (κ2) is 53.2. The molecule has 0 aliphatic heterocycles. The second-order valence-corrected chi connectivity index (χ2v) is 17.8. The average molecular weight is 905 g/mol. The zero-order valence-electron chi connectivity index (χ0n) is 42.5. The highest BCUT2D eigenvalue weighted by Crippen LogP contribution is 2.15. The summed E-state index contributed by atoms with van der Waals surface area (Å²) in [5.41, 5.74) is 0. The van der Waals surface area contributed by atoms with Gasteiger partial charge in [-0.3, -0.25) is 14.4 Å². The van der Waals surface area contributed by atoms with Gasteiger partial charge in [-0.1, -0.05) is 221 Å². The summed E-state index contributed by atoms with van der Waals surface area (Å²) in [7, 11) is 0. The summed E-state index contributed by atoms with van der Waals surface area (Å²) in [6, 6.07) is 0. The molecule has 0 amide bonds. The predicted molar refractivity (Wildman–Crippen MR) is 279 cm³/mol. The van der Waals surface area contributed by atoms with Gasteiger partial charge in [0.05, 0.1) is 0 Å². The van der Waals surface area contributed by atoms with E-state index in [1.807, 2.05) is 0 Å². The lowest BCUT2D eigenvalue weighted by molar-refractivity contribution is -0.167. The van der Waals surface area contributed by atoms with Crippen LogP contribution in [-0.4, -0.2) is 37.2 Å². The molecule has 0 fully saturated rings. The number of rotatable bonds is 48. The standard InChI is InChI=1S/C59H100O6/c1-4-7-10-13-16-19-22-25-28-29-32-34-37-40-43-46-49-52-58(61)64-55-56(65-59(62)53-50-47-44-41-38-35-31-27-24-21-18-15-12-9-6-3)54-63-57(60)51-48-45-42-39-36-33-30-26-23-20-17-14-11-8-5-2/h8,11,17-18,20-21,26-27,30-31,36,38-39,41,56H,4-7,9-10,12-16,19,22-25,28-29,32-35,37,40,42-55H2,1-3H3/b11-8-,20-17-,21-18-,30-26-,31-27-,39-36-,41-38-/t56-/m1/s1. The number of hydrogen-bond donors (Lipinski definition) is 0. The van der Waals surface area contributed by atoms with Crippen LogP contribution in [0.2, 0.25) is 0 Å². The van der Waals surface area contributed by atoms with Crippen molar-refractivity contribution in [2.75, 3.05) is 13.2 Å². The summed E-state index contributed by atoms with van der Waals surface area (Å²) in [6.07, 6.45) is 68.6. The van der Waals surface area contributed by atoms with Crippen LogP contribution in [0.15, 0.2) is 85.1 Å². The first-order chi connectivity index (χ1) is 32.0. The van der Waals surface area contributed by atoms with E-state index in [2.05, 4.69) is 106 Å². The van der Waals surface area contributed by atoms with Crippen molar-refractivity contribution in [1.82, 2.24) is 0 Å². The van der Waals surface area contributed by atoms with Crippen LogP contribution in [-0.2, 0) is 28.6 Å². The third-order valence-electron chi connectivity index (χ3n) is 11.4. The predicted octanol–water partition coefficient (Wildman–Crippen LogP) is 18.0. The number of unbranched alkanes of at least 4 members (excludes halogenated alkanes) is 23. The molecule has 0 unspecified atom stereocenters. The molecule has 6 heteroatoms. The highest BCUT2D eigenvalue weighted by molar-refractivity contribution is 5.71. The van der Waals surface area contributed by atoms with Crippen LogP contribution in [0.25, 0.3) is 0 Å². The minimum absolute atomic E-state index is 0.104. The van der Waals surface area contributed by atoms with Crippen LogP contribution in [0, 0.1) is 0 Å². The smallest absolute Gasteiger partial charge is 0.306 e. The van der Waals surface area contributed by atoms with Gasteiger partial charge in [0.2, 0.25) is 0 Å². The normalized spacial score (nSPS) is 12.7. The molecule has 6 nitrogen and oxygen atoms in total.